The van der Waals surface area contributed by atoms with E-state index in [0.29, 0.717) is 18.0 Å². The molecule has 1 atom stereocenters. The van der Waals surface area contributed by atoms with Crippen molar-refractivity contribution in [2.45, 2.75) is 26.8 Å². The van der Waals surface area contributed by atoms with E-state index < -0.39 is 6.04 Å². The Bertz CT molecular complexity index is 633. The Kier molecular flexibility index (Phi) is 8.57. The van der Waals surface area contributed by atoms with E-state index in [0.717, 1.165) is 0 Å². The van der Waals surface area contributed by atoms with Gasteiger partial charge in [-0.3, -0.25) is 14.4 Å². The zero-order chi connectivity index (χ0) is 19.7. The molecule has 1 aromatic carbocycles. The Morgan fingerprint density at radius 3 is 2.46 bits per heavy atom. The number of ether oxygens (including phenoxy) is 1. The Labute approximate surface area is 154 Å². The minimum Gasteiger partial charge on any atom is -0.495 e. The van der Waals surface area contributed by atoms with Crippen LogP contribution in [0.4, 0.5) is 5.69 Å². The van der Waals surface area contributed by atoms with Gasteiger partial charge in [0.2, 0.25) is 17.7 Å². The van der Waals surface area contributed by atoms with Crippen molar-refractivity contribution in [3.05, 3.63) is 24.3 Å². The molecule has 26 heavy (non-hydrogen) atoms. The number of rotatable bonds is 9. The number of hydrogen-bond acceptors (Lipinski definition) is 5. The lowest BCUT2D eigenvalue weighted by molar-refractivity contribution is -0.135. The maximum absolute atomic E-state index is 12.2. The van der Waals surface area contributed by atoms with Crippen LogP contribution in [0.25, 0.3) is 0 Å². The monoisotopic (exact) mass is 364 g/mol. The van der Waals surface area contributed by atoms with Gasteiger partial charge < -0.3 is 26.0 Å². The van der Waals surface area contributed by atoms with Gasteiger partial charge in [-0.25, -0.2) is 0 Å². The van der Waals surface area contributed by atoms with E-state index in [2.05, 4.69) is 10.6 Å². The number of carbonyl (C=O) groups excluding carboxylic acids is 3. The molecule has 0 aliphatic rings. The van der Waals surface area contributed by atoms with Crippen LogP contribution in [0.1, 0.15) is 20.8 Å². The van der Waals surface area contributed by atoms with Crippen LogP contribution < -0.4 is 21.1 Å². The highest BCUT2D eigenvalue weighted by Crippen LogP contribution is 2.22. The number of hydrogen-bond donors (Lipinski definition) is 3. The van der Waals surface area contributed by atoms with Crippen LogP contribution in [0, 0.1) is 5.92 Å². The molecule has 8 nitrogen and oxygen atoms in total. The fraction of sp³-hybridized carbons (Fsp3) is 0.500. The summed E-state index contributed by atoms with van der Waals surface area (Å²) in [5.74, 6) is -0.589. The van der Waals surface area contributed by atoms with Crippen LogP contribution in [0.5, 0.6) is 5.75 Å². The van der Waals surface area contributed by atoms with Gasteiger partial charge in [-0.2, -0.15) is 0 Å². The maximum Gasteiger partial charge on any atom is 0.244 e. The van der Waals surface area contributed by atoms with Gasteiger partial charge in [0.25, 0.3) is 0 Å². The third kappa shape index (κ3) is 6.36. The summed E-state index contributed by atoms with van der Waals surface area (Å²) < 4.78 is 5.18. The molecule has 0 saturated carbocycles. The van der Waals surface area contributed by atoms with Crippen LogP contribution in [-0.4, -0.2) is 55.4 Å². The average molecular weight is 364 g/mol. The van der Waals surface area contributed by atoms with Crippen molar-refractivity contribution in [2.24, 2.45) is 11.7 Å². The van der Waals surface area contributed by atoms with Crippen molar-refractivity contribution in [3.63, 3.8) is 0 Å². The summed E-state index contributed by atoms with van der Waals surface area (Å²) in [6.45, 7) is 5.42. The zero-order valence-corrected chi connectivity index (χ0v) is 15.7. The molecule has 0 fully saturated rings. The number of anilines is 1. The van der Waals surface area contributed by atoms with E-state index in [1.165, 1.54) is 12.0 Å². The summed E-state index contributed by atoms with van der Waals surface area (Å²) in [4.78, 5) is 37.7. The number of benzene rings is 1. The number of amides is 3. The number of para-hydroxylation sites is 2. The van der Waals surface area contributed by atoms with Crippen LogP contribution in [0.2, 0.25) is 0 Å². The largest absolute Gasteiger partial charge is 0.495 e. The lowest BCUT2D eigenvalue weighted by Crippen LogP contribution is -2.48. The number of likely N-dealkylation sites (N-methyl/N-ethyl adjacent to an activating group) is 1. The molecule has 3 amide bonds. The number of nitrogens with zero attached hydrogens (tertiary/aromatic N) is 1. The lowest BCUT2D eigenvalue weighted by atomic mass is 10.1. The predicted octanol–water partition coefficient (Wildman–Crippen LogP) is 0.582. The Morgan fingerprint density at radius 2 is 1.88 bits per heavy atom. The first-order valence-corrected chi connectivity index (χ1v) is 8.54. The van der Waals surface area contributed by atoms with Gasteiger partial charge in [-0.05, 0) is 25.0 Å². The normalized spacial score (nSPS) is 11.6. The first-order chi connectivity index (χ1) is 12.3. The van der Waals surface area contributed by atoms with E-state index in [9.17, 15) is 14.4 Å². The number of nitrogens with two attached hydrogens (primary N) is 1. The van der Waals surface area contributed by atoms with Crippen molar-refractivity contribution < 1.29 is 19.1 Å². The van der Waals surface area contributed by atoms with Crippen LogP contribution in [-0.2, 0) is 14.4 Å². The molecule has 0 heterocycles. The fourth-order valence-corrected chi connectivity index (χ4v) is 2.18. The summed E-state index contributed by atoms with van der Waals surface area (Å²) in [7, 11) is 1.51. The van der Waals surface area contributed by atoms with Crippen LogP contribution in [0.3, 0.4) is 0 Å². The number of methoxy groups -OCH3 is 1. The van der Waals surface area contributed by atoms with Crippen molar-refractivity contribution in [2.75, 3.05) is 32.1 Å². The first kappa shape index (κ1) is 21.4. The standard InChI is InChI=1S/C18H28N4O4/c1-5-22(16(24)10-20-18(25)17(19)12(2)3)11-15(23)21-13-8-6-7-9-14(13)26-4/h6-9,12,17H,5,10-11,19H2,1-4H3,(H,20,25)(H,21,23)/t17-/m0/s1. The second kappa shape index (κ2) is 10.4. The lowest BCUT2D eigenvalue weighted by Gasteiger charge is -2.22. The first-order valence-electron chi connectivity index (χ1n) is 8.54. The zero-order valence-electron chi connectivity index (χ0n) is 15.7. The second-order valence-electron chi connectivity index (χ2n) is 6.14. The fourth-order valence-electron chi connectivity index (χ4n) is 2.18. The number of nitrogens with one attached hydrogen (secondary N) is 2. The predicted molar refractivity (Wildman–Crippen MR) is 99.7 cm³/mol. The molecule has 0 aromatic heterocycles. The molecule has 0 aliphatic carbocycles. The molecule has 0 radical (unpaired) electrons. The van der Waals surface area contributed by atoms with Gasteiger partial charge in [0.05, 0.1) is 31.9 Å². The maximum atomic E-state index is 12.2. The molecule has 0 spiro atoms. The molecule has 0 saturated heterocycles. The van der Waals surface area contributed by atoms with Gasteiger partial charge in [0, 0.05) is 6.54 Å². The van der Waals surface area contributed by atoms with Crippen molar-refractivity contribution >= 4 is 23.4 Å². The topological polar surface area (TPSA) is 114 Å². The quantitative estimate of drug-likeness (QED) is 0.593. The van der Waals surface area contributed by atoms with Gasteiger partial charge in [0.15, 0.2) is 0 Å². The molecular formula is C18H28N4O4. The molecule has 144 valence electrons. The third-order valence-corrected chi connectivity index (χ3v) is 3.88. The minimum absolute atomic E-state index is 0.0287. The van der Waals surface area contributed by atoms with Crippen molar-refractivity contribution in [3.8, 4) is 5.75 Å². The van der Waals surface area contributed by atoms with E-state index >= 15 is 0 Å². The molecular weight excluding hydrogens is 336 g/mol. The van der Waals surface area contributed by atoms with Crippen LogP contribution in [0.15, 0.2) is 24.3 Å². The highest BCUT2D eigenvalue weighted by atomic mass is 16.5. The van der Waals surface area contributed by atoms with Crippen molar-refractivity contribution in [1.82, 2.24) is 10.2 Å². The van der Waals surface area contributed by atoms with E-state index in [4.69, 9.17) is 10.5 Å². The van der Waals surface area contributed by atoms with Crippen LogP contribution >= 0.6 is 0 Å². The SMILES string of the molecule is CCN(CC(=O)Nc1ccccc1OC)C(=O)CNC(=O)[C@@H](N)C(C)C. The second-order valence-corrected chi connectivity index (χ2v) is 6.14. The summed E-state index contributed by atoms with van der Waals surface area (Å²) in [6.07, 6.45) is 0. The van der Waals surface area contributed by atoms with E-state index in [1.54, 1.807) is 31.2 Å². The molecule has 8 heteroatoms. The summed E-state index contributed by atoms with van der Waals surface area (Å²) in [5, 5.41) is 5.23. The summed E-state index contributed by atoms with van der Waals surface area (Å²) in [6, 6.07) is 6.33. The highest BCUT2D eigenvalue weighted by molar-refractivity contribution is 5.96. The van der Waals surface area contributed by atoms with Crippen molar-refractivity contribution in [1.29, 1.82) is 0 Å². The Hall–Kier alpha value is -2.61. The molecule has 0 aliphatic heterocycles. The Balaban J connectivity index is 2.58. The number of carbonyl (C=O) groups is 3. The molecule has 1 rings (SSSR count). The molecule has 1 aromatic rings. The summed E-state index contributed by atoms with van der Waals surface area (Å²) >= 11 is 0. The highest BCUT2D eigenvalue weighted by Gasteiger charge is 2.20. The van der Waals surface area contributed by atoms with E-state index in [-0.39, 0.29) is 36.7 Å². The molecule has 0 bridgehead atoms. The van der Waals surface area contributed by atoms with E-state index in [1.807, 2.05) is 13.8 Å². The average Bonchev–Trinajstić information content (AvgIpc) is 2.63. The van der Waals surface area contributed by atoms with Gasteiger partial charge in [0.1, 0.15) is 5.75 Å². The Morgan fingerprint density at radius 1 is 1.23 bits per heavy atom. The molecule has 0 unspecified atom stereocenters. The van der Waals surface area contributed by atoms with Gasteiger partial charge in [-0.15, -0.1) is 0 Å². The molecule has 4 N–H and O–H groups in total. The summed E-state index contributed by atoms with van der Waals surface area (Å²) in [5.41, 5.74) is 6.26. The smallest absolute Gasteiger partial charge is 0.244 e. The van der Waals surface area contributed by atoms with Gasteiger partial charge in [-0.1, -0.05) is 26.0 Å². The third-order valence-electron chi connectivity index (χ3n) is 3.88. The van der Waals surface area contributed by atoms with Gasteiger partial charge >= 0.3 is 0 Å². The minimum atomic E-state index is -0.674.